The first-order chi connectivity index (χ1) is 11.5. The quantitative estimate of drug-likeness (QED) is 0.860. The summed E-state index contributed by atoms with van der Waals surface area (Å²) in [6.45, 7) is 7.40. The molecule has 1 aromatic rings. The highest BCUT2D eigenvalue weighted by molar-refractivity contribution is 5.88. The van der Waals surface area contributed by atoms with Gasteiger partial charge in [0.05, 0.1) is 6.42 Å². The van der Waals surface area contributed by atoms with Crippen LogP contribution in [0.4, 0.5) is 0 Å². The zero-order valence-electron chi connectivity index (χ0n) is 15.0. The van der Waals surface area contributed by atoms with Crippen LogP contribution < -0.4 is 5.32 Å². The number of piperazine rings is 1. The summed E-state index contributed by atoms with van der Waals surface area (Å²) in [5, 5.41) is 2.96. The van der Waals surface area contributed by atoms with E-state index in [0.717, 1.165) is 31.7 Å². The van der Waals surface area contributed by atoms with Crippen LogP contribution in [-0.4, -0.2) is 60.9 Å². The molecule has 5 nitrogen and oxygen atoms in total. The van der Waals surface area contributed by atoms with Gasteiger partial charge in [0.1, 0.15) is 6.04 Å². The minimum Gasteiger partial charge on any atom is -0.344 e. The molecule has 1 atom stereocenters. The monoisotopic (exact) mass is 331 g/mol. The Balaban J connectivity index is 1.96. The Morgan fingerprint density at radius 3 is 2.29 bits per heavy atom. The molecule has 1 heterocycles. The van der Waals surface area contributed by atoms with E-state index < -0.39 is 6.04 Å². The molecule has 2 rings (SSSR count). The molecular formula is C19H29N3O2. The molecule has 0 aromatic heterocycles. The number of likely N-dealkylation sites (N-methyl/N-ethyl adjacent to an activating group) is 1. The molecule has 0 radical (unpaired) electrons. The molecule has 1 fully saturated rings. The van der Waals surface area contributed by atoms with Crippen molar-refractivity contribution in [3.63, 3.8) is 0 Å². The summed E-state index contributed by atoms with van der Waals surface area (Å²) in [6, 6.07) is 9.20. The summed E-state index contributed by atoms with van der Waals surface area (Å²) in [6.07, 6.45) is 0.983. The predicted molar refractivity (Wildman–Crippen MR) is 95.6 cm³/mol. The summed E-state index contributed by atoms with van der Waals surface area (Å²) in [5.41, 5.74) is 0.963. The van der Waals surface area contributed by atoms with E-state index in [4.69, 9.17) is 0 Å². The molecule has 2 amide bonds. The highest BCUT2D eigenvalue weighted by atomic mass is 16.2. The molecular weight excluding hydrogens is 302 g/mol. The average molecular weight is 331 g/mol. The van der Waals surface area contributed by atoms with E-state index in [0.29, 0.717) is 18.8 Å². The fourth-order valence-electron chi connectivity index (χ4n) is 2.97. The lowest BCUT2D eigenvalue weighted by Gasteiger charge is -2.35. The summed E-state index contributed by atoms with van der Waals surface area (Å²) < 4.78 is 0. The van der Waals surface area contributed by atoms with E-state index >= 15 is 0 Å². The van der Waals surface area contributed by atoms with E-state index in [1.54, 1.807) is 0 Å². The van der Waals surface area contributed by atoms with Gasteiger partial charge in [0.25, 0.3) is 0 Å². The van der Waals surface area contributed by atoms with Gasteiger partial charge in [-0.1, -0.05) is 44.2 Å². The van der Waals surface area contributed by atoms with Crippen molar-refractivity contribution in [1.29, 1.82) is 0 Å². The third-order valence-electron chi connectivity index (χ3n) is 4.36. The molecule has 5 heteroatoms. The number of amides is 2. The fourth-order valence-corrected chi connectivity index (χ4v) is 2.97. The van der Waals surface area contributed by atoms with Gasteiger partial charge in [-0.2, -0.15) is 0 Å². The lowest BCUT2D eigenvalue weighted by molar-refractivity contribution is -0.138. The largest absolute Gasteiger partial charge is 0.344 e. The maximum atomic E-state index is 12.8. The fraction of sp³-hybridized carbons (Fsp3) is 0.579. The number of rotatable bonds is 6. The van der Waals surface area contributed by atoms with E-state index in [1.807, 2.05) is 35.2 Å². The van der Waals surface area contributed by atoms with Crippen LogP contribution in [0.5, 0.6) is 0 Å². The molecule has 24 heavy (non-hydrogen) atoms. The van der Waals surface area contributed by atoms with Gasteiger partial charge in [-0.3, -0.25) is 9.59 Å². The normalized spacial score (nSPS) is 16.9. The Morgan fingerprint density at radius 1 is 1.08 bits per heavy atom. The molecule has 132 valence electrons. The number of nitrogens with one attached hydrogen (secondary N) is 1. The van der Waals surface area contributed by atoms with Gasteiger partial charge in [0.15, 0.2) is 0 Å². The van der Waals surface area contributed by atoms with Crippen molar-refractivity contribution in [3.8, 4) is 0 Å². The average Bonchev–Trinajstić information content (AvgIpc) is 2.55. The number of hydrogen-bond donors (Lipinski definition) is 1. The molecule has 1 N–H and O–H groups in total. The number of carbonyl (C=O) groups excluding carboxylic acids is 2. The summed E-state index contributed by atoms with van der Waals surface area (Å²) in [4.78, 5) is 29.3. The third-order valence-corrected chi connectivity index (χ3v) is 4.36. The molecule has 1 aromatic carbocycles. The first-order valence-electron chi connectivity index (χ1n) is 8.76. The zero-order chi connectivity index (χ0) is 17.5. The predicted octanol–water partition coefficient (Wildman–Crippen LogP) is 1.53. The molecule has 1 aliphatic heterocycles. The van der Waals surface area contributed by atoms with Crippen LogP contribution in [0, 0.1) is 5.92 Å². The van der Waals surface area contributed by atoms with Crippen LogP contribution in [0.25, 0.3) is 0 Å². The SMILES string of the molecule is CC(C)C[C@@H](NC(=O)Cc1ccccc1)C(=O)N1CCN(C)CC1. The summed E-state index contributed by atoms with van der Waals surface area (Å²) >= 11 is 0. The van der Waals surface area contributed by atoms with Crippen molar-refractivity contribution in [2.75, 3.05) is 33.2 Å². The topological polar surface area (TPSA) is 52.7 Å². The molecule has 1 saturated heterocycles. The van der Waals surface area contributed by atoms with Gasteiger partial charge in [-0.25, -0.2) is 0 Å². The van der Waals surface area contributed by atoms with Crippen molar-refractivity contribution in [3.05, 3.63) is 35.9 Å². The van der Waals surface area contributed by atoms with Gasteiger partial charge >= 0.3 is 0 Å². The minimum absolute atomic E-state index is 0.0539. The number of nitrogens with zero attached hydrogens (tertiary/aromatic N) is 2. The minimum atomic E-state index is -0.426. The van der Waals surface area contributed by atoms with Crippen molar-refractivity contribution >= 4 is 11.8 Å². The van der Waals surface area contributed by atoms with Gasteiger partial charge < -0.3 is 15.1 Å². The second-order valence-electron chi connectivity index (χ2n) is 7.04. The van der Waals surface area contributed by atoms with Crippen molar-refractivity contribution in [2.24, 2.45) is 5.92 Å². The zero-order valence-corrected chi connectivity index (χ0v) is 15.0. The third kappa shape index (κ3) is 5.64. The first kappa shape index (κ1) is 18.5. The number of benzene rings is 1. The molecule has 1 aliphatic rings. The van der Waals surface area contributed by atoms with E-state index in [-0.39, 0.29) is 11.8 Å². The van der Waals surface area contributed by atoms with Crippen molar-refractivity contribution in [2.45, 2.75) is 32.7 Å². The Morgan fingerprint density at radius 2 is 1.71 bits per heavy atom. The second kappa shape index (κ2) is 8.83. The maximum Gasteiger partial charge on any atom is 0.245 e. The molecule has 0 saturated carbocycles. The van der Waals surface area contributed by atoms with Crippen molar-refractivity contribution in [1.82, 2.24) is 15.1 Å². The van der Waals surface area contributed by atoms with Crippen LogP contribution in [0.15, 0.2) is 30.3 Å². The molecule has 0 unspecified atom stereocenters. The van der Waals surface area contributed by atoms with Gasteiger partial charge in [-0.15, -0.1) is 0 Å². The Bertz CT molecular complexity index is 537. The van der Waals surface area contributed by atoms with Crippen molar-refractivity contribution < 1.29 is 9.59 Å². The van der Waals surface area contributed by atoms with Gasteiger partial charge in [-0.05, 0) is 24.9 Å². The molecule has 0 aliphatic carbocycles. The van der Waals surface area contributed by atoms with E-state index in [1.165, 1.54) is 0 Å². The highest BCUT2D eigenvalue weighted by Crippen LogP contribution is 2.11. The summed E-state index contributed by atoms with van der Waals surface area (Å²) in [5.74, 6) is 0.316. The second-order valence-corrected chi connectivity index (χ2v) is 7.04. The Labute approximate surface area is 145 Å². The van der Waals surface area contributed by atoms with Crippen LogP contribution in [0.3, 0.4) is 0 Å². The van der Waals surface area contributed by atoms with Crippen LogP contribution >= 0.6 is 0 Å². The Kier molecular flexibility index (Phi) is 6.79. The molecule has 0 spiro atoms. The van der Waals surface area contributed by atoms with Crippen LogP contribution in [-0.2, 0) is 16.0 Å². The number of carbonyl (C=O) groups is 2. The standard InChI is InChI=1S/C19H29N3O2/c1-15(2)13-17(19(24)22-11-9-21(3)10-12-22)20-18(23)14-16-7-5-4-6-8-16/h4-8,15,17H,9-14H2,1-3H3,(H,20,23)/t17-/m1/s1. The first-order valence-corrected chi connectivity index (χ1v) is 8.76. The lowest BCUT2D eigenvalue weighted by atomic mass is 10.0. The Hall–Kier alpha value is -1.88. The number of hydrogen-bond acceptors (Lipinski definition) is 3. The maximum absolute atomic E-state index is 12.8. The van der Waals surface area contributed by atoms with Crippen LogP contribution in [0.2, 0.25) is 0 Å². The lowest BCUT2D eigenvalue weighted by Crippen LogP contribution is -2.54. The molecule has 0 bridgehead atoms. The van der Waals surface area contributed by atoms with Gasteiger partial charge in [0.2, 0.25) is 11.8 Å². The highest BCUT2D eigenvalue weighted by Gasteiger charge is 2.28. The van der Waals surface area contributed by atoms with Gasteiger partial charge in [0, 0.05) is 26.2 Å². The van der Waals surface area contributed by atoms with E-state index in [9.17, 15) is 9.59 Å². The van der Waals surface area contributed by atoms with Crippen LogP contribution in [0.1, 0.15) is 25.8 Å². The smallest absolute Gasteiger partial charge is 0.245 e. The van der Waals surface area contributed by atoms with E-state index in [2.05, 4.69) is 31.1 Å². The summed E-state index contributed by atoms with van der Waals surface area (Å²) in [7, 11) is 2.06.